The van der Waals surface area contributed by atoms with Gasteiger partial charge >= 0.3 is 0 Å². The number of aryl methyl sites for hydroxylation is 1. The molecular formula is C23H25N3O3. The van der Waals surface area contributed by atoms with Crippen molar-refractivity contribution >= 4 is 23.4 Å². The maximum absolute atomic E-state index is 12.6. The molecule has 1 atom stereocenters. The highest BCUT2D eigenvalue weighted by atomic mass is 16.2. The van der Waals surface area contributed by atoms with E-state index in [2.05, 4.69) is 12.2 Å². The van der Waals surface area contributed by atoms with Gasteiger partial charge in [-0.25, -0.2) is 0 Å². The fraction of sp³-hybridized carbons (Fsp3) is 0.348. The van der Waals surface area contributed by atoms with Crippen molar-refractivity contribution in [3.05, 3.63) is 65.2 Å². The van der Waals surface area contributed by atoms with Crippen LogP contribution in [0.3, 0.4) is 0 Å². The smallest absolute Gasteiger partial charge is 0.255 e. The van der Waals surface area contributed by atoms with Gasteiger partial charge in [0.2, 0.25) is 11.8 Å². The summed E-state index contributed by atoms with van der Waals surface area (Å²) in [7, 11) is 0. The lowest BCUT2D eigenvalue weighted by Crippen LogP contribution is -2.56. The Morgan fingerprint density at radius 3 is 2.41 bits per heavy atom. The Morgan fingerprint density at radius 2 is 1.72 bits per heavy atom. The SMILES string of the molecule is CCc1ccc(NC(=O)c2ccc(CN3CC(=O)N4CCC[C@H]4C3=O)cc2)cc1. The zero-order valence-electron chi connectivity index (χ0n) is 16.6. The number of nitrogens with zero attached hydrogens (tertiary/aromatic N) is 2. The third-order valence-corrected chi connectivity index (χ3v) is 5.71. The van der Waals surface area contributed by atoms with Gasteiger partial charge in [0.15, 0.2) is 0 Å². The summed E-state index contributed by atoms with van der Waals surface area (Å²) in [6, 6.07) is 14.7. The van der Waals surface area contributed by atoms with Gasteiger partial charge in [0.05, 0.1) is 0 Å². The van der Waals surface area contributed by atoms with Gasteiger partial charge in [0.25, 0.3) is 5.91 Å². The van der Waals surface area contributed by atoms with Crippen molar-refractivity contribution in [2.75, 3.05) is 18.4 Å². The number of piperazine rings is 1. The zero-order chi connectivity index (χ0) is 20.4. The van der Waals surface area contributed by atoms with Gasteiger partial charge in [-0.3, -0.25) is 14.4 Å². The second-order valence-corrected chi connectivity index (χ2v) is 7.64. The van der Waals surface area contributed by atoms with Crippen LogP contribution in [0.1, 0.15) is 41.3 Å². The molecule has 6 heteroatoms. The third-order valence-electron chi connectivity index (χ3n) is 5.71. The summed E-state index contributed by atoms with van der Waals surface area (Å²) in [4.78, 5) is 40.7. The number of amides is 3. The second-order valence-electron chi connectivity index (χ2n) is 7.64. The lowest BCUT2D eigenvalue weighted by molar-refractivity contribution is -0.154. The standard InChI is InChI=1S/C23H25N3O3/c1-2-16-7-11-19(12-8-16)24-22(28)18-9-5-17(6-10-18)14-25-15-21(27)26-13-3-4-20(26)23(25)29/h5-12,20H,2-4,13-15H2,1H3,(H,24,28)/t20-/m0/s1. The molecule has 6 nitrogen and oxygen atoms in total. The molecule has 0 radical (unpaired) electrons. The van der Waals surface area contributed by atoms with Crippen LogP contribution in [-0.2, 0) is 22.6 Å². The molecule has 150 valence electrons. The molecule has 2 saturated heterocycles. The van der Waals surface area contributed by atoms with Gasteiger partial charge in [0, 0.05) is 24.3 Å². The molecule has 2 aliphatic rings. The van der Waals surface area contributed by atoms with Crippen molar-refractivity contribution < 1.29 is 14.4 Å². The van der Waals surface area contributed by atoms with Crippen molar-refractivity contribution in [1.82, 2.24) is 9.80 Å². The molecule has 0 bridgehead atoms. The van der Waals surface area contributed by atoms with E-state index in [1.807, 2.05) is 36.4 Å². The minimum Gasteiger partial charge on any atom is -0.329 e. The maximum atomic E-state index is 12.6. The average Bonchev–Trinajstić information content (AvgIpc) is 3.24. The number of hydrogen-bond donors (Lipinski definition) is 1. The molecule has 2 aromatic rings. The molecule has 2 aliphatic heterocycles. The summed E-state index contributed by atoms with van der Waals surface area (Å²) >= 11 is 0. The maximum Gasteiger partial charge on any atom is 0.255 e. The molecule has 29 heavy (non-hydrogen) atoms. The van der Waals surface area contributed by atoms with Crippen LogP contribution >= 0.6 is 0 Å². The molecule has 0 spiro atoms. The van der Waals surface area contributed by atoms with E-state index >= 15 is 0 Å². The number of anilines is 1. The number of fused-ring (bicyclic) bond motifs is 1. The van der Waals surface area contributed by atoms with Crippen LogP contribution in [0.25, 0.3) is 0 Å². The highest BCUT2D eigenvalue weighted by Crippen LogP contribution is 2.24. The molecular weight excluding hydrogens is 366 g/mol. The van der Waals surface area contributed by atoms with E-state index in [1.165, 1.54) is 5.56 Å². The van der Waals surface area contributed by atoms with E-state index < -0.39 is 0 Å². The van der Waals surface area contributed by atoms with E-state index in [0.29, 0.717) is 18.7 Å². The first-order chi connectivity index (χ1) is 14.0. The zero-order valence-corrected chi connectivity index (χ0v) is 16.6. The number of nitrogens with one attached hydrogen (secondary N) is 1. The van der Waals surface area contributed by atoms with Crippen LogP contribution < -0.4 is 5.32 Å². The van der Waals surface area contributed by atoms with Gasteiger partial charge in [-0.15, -0.1) is 0 Å². The van der Waals surface area contributed by atoms with Crippen molar-refractivity contribution in [2.45, 2.75) is 38.8 Å². The van der Waals surface area contributed by atoms with E-state index in [0.717, 1.165) is 30.5 Å². The molecule has 0 saturated carbocycles. The molecule has 0 aliphatic carbocycles. The molecule has 3 amide bonds. The van der Waals surface area contributed by atoms with Gasteiger partial charge in [-0.2, -0.15) is 0 Å². The fourth-order valence-electron chi connectivity index (χ4n) is 4.01. The summed E-state index contributed by atoms with van der Waals surface area (Å²) in [5.41, 5.74) is 3.44. The fourth-order valence-corrected chi connectivity index (χ4v) is 4.01. The van der Waals surface area contributed by atoms with Crippen molar-refractivity contribution in [3.63, 3.8) is 0 Å². The Labute approximate surface area is 170 Å². The molecule has 0 aromatic heterocycles. The largest absolute Gasteiger partial charge is 0.329 e. The van der Waals surface area contributed by atoms with Crippen molar-refractivity contribution in [3.8, 4) is 0 Å². The first-order valence-electron chi connectivity index (χ1n) is 10.1. The highest BCUT2D eigenvalue weighted by Gasteiger charge is 2.41. The van der Waals surface area contributed by atoms with Crippen LogP contribution in [-0.4, -0.2) is 46.7 Å². The second kappa shape index (κ2) is 8.07. The van der Waals surface area contributed by atoms with E-state index in [9.17, 15) is 14.4 Å². The summed E-state index contributed by atoms with van der Waals surface area (Å²) < 4.78 is 0. The summed E-state index contributed by atoms with van der Waals surface area (Å²) in [6.45, 7) is 3.29. The Balaban J connectivity index is 1.39. The van der Waals surface area contributed by atoms with E-state index in [-0.39, 0.29) is 30.3 Å². The number of carbonyl (C=O) groups excluding carboxylic acids is 3. The number of rotatable bonds is 5. The van der Waals surface area contributed by atoms with Crippen molar-refractivity contribution in [2.24, 2.45) is 0 Å². The molecule has 2 fully saturated rings. The Hall–Kier alpha value is -3.15. The minimum atomic E-state index is -0.291. The Kier molecular flexibility index (Phi) is 5.34. The van der Waals surface area contributed by atoms with Gasteiger partial charge < -0.3 is 15.1 Å². The molecule has 0 unspecified atom stereocenters. The quantitative estimate of drug-likeness (QED) is 0.852. The monoisotopic (exact) mass is 391 g/mol. The first-order valence-corrected chi connectivity index (χ1v) is 10.1. The van der Waals surface area contributed by atoms with Crippen LogP contribution in [0, 0.1) is 0 Å². The predicted octanol–water partition coefficient (Wildman–Crippen LogP) is 2.83. The molecule has 2 aromatic carbocycles. The van der Waals surface area contributed by atoms with Gasteiger partial charge in [-0.1, -0.05) is 31.2 Å². The van der Waals surface area contributed by atoms with E-state index in [1.54, 1.807) is 21.9 Å². The van der Waals surface area contributed by atoms with Gasteiger partial charge in [-0.05, 0) is 54.7 Å². The van der Waals surface area contributed by atoms with Crippen LogP contribution in [0.15, 0.2) is 48.5 Å². The average molecular weight is 391 g/mol. The summed E-state index contributed by atoms with van der Waals surface area (Å²) in [5, 5.41) is 2.89. The molecule has 1 N–H and O–H groups in total. The minimum absolute atomic E-state index is 0.0252. The third kappa shape index (κ3) is 4.01. The number of benzene rings is 2. The van der Waals surface area contributed by atoms with E-state index in [4.69, 9.17) is 0 Å². The lowest BCUT2D eigenvalue weighted by atomic mass is 10.1. The lowest BCUT2D eigenvalue weighted by Gasteiger charge is -2.36. The molecule has 2 heterocycles. The van der Waals surface area contributed by atoms with Crippen molar-refractivity contribution in [1.29, 1.82) is 0 Å². The van der Waals surface area contributed by atoms with Crippen LogP contribution in [0.5, 0.6) is 0 Å². The number of hydrogen-bond acceptors (Lipinski definition) is 3. The number of carbonyl (C=O) groups is 3. The van der Waals surface area contributed by atoms with Gasteiger partial charge in [0.1, 0.15) is 12.6 Å². The highest BCUT2D eigenvalue weighted by molar-refractivity contribution is 6.04. The molecule has 4 rings (SSSR count). The topological polar surface area (TPSA) is 69.7 Å². The van der Waals surface area contributed by atoms with Crippen LogP contribution in [0.4, 0.5) is 5.69 Å². The predicted molar refractivity (Wildman–Crippen MR) is 110 cm³/mol. The summed E-state index contributed by atoms with van der Waals surface area (Å²) in [5.74, 6) is -0.122. The summed E-state index contributed by atoms with van der Waals surface area (Å²) in [6.07, 6.45) is 2.60. The Bertz CT molecular complexity index is 921. The first kappa shape index (κ1) is 19.2. The van der Waals surface area contributed by atoms with Crippen LogP contribution in [0.2, 0.25) is 0 Å². The normalized spacial score (nSPS) is 18.7. The Morgan fingerprint density at radius 1 is 1.03 bits per heavy atom.